The minimum Gasteiger partial charge on any atom is -0.359 e. The number of hydrogen-bond acceptors (Lipinski definition) is 1. The minimum atomic E-state index is -0.134. The van der Waals surface area contributed by atoms with Crippen LogP contribution in [0.4, 0.5) is 0 Å². The molecule has 0 fully saturated rings. The zero-order chi connectivity index (χ0) is 5.86. The first-order chi connectivity index (χ1) is 3.18. The molecule has 0 saturated heterocycles. The van der Waals surface area contributed by atoms with Crippen molar-refractivity contribution in [3.05, 3.63) is 6.92 Å². The van der Waals surface area contributed by atoms with Crippen molar-refractivity contribution < 1.29 is 4.79 Å². The summed E-state index contributed by atoms with van der Waals surface area (Å²) in [4.78, 5) is 10.3. The minimum absolute atomic E-state index is 0.0139. The summed E-state index contributed by atoms with van der Waals surface area (Å²) in [5.41, 5.74) is 0. The first-order valence-electron chi connectivity index (χ1n) is 2.23. The Hall–Kier alpha value is -0.530. The first-order valence-corrected chi connectivity index (χ1v) is 2.23. The molecule has 1 radical (unpaired) electrons. The van der Waals surface area contributed by atoms with E-state index in [9.17, 15) is 4.79 Å². The Bertz CT molecular complexity index is 68.5. The summed E-state index contributed by atoms with van der Waals surface area (Å²) in [7, 11) is 1.60. The summed E-state index contributed by atoms with van der Waals surface area (Å²) in [6.45, 7) is 5.25. The maximum atomic E-state index is 10.3. The van der Waals surface area contributed by atoms with Gasteiger partial charge in [-0.05, 0) is 6.92 Å². The van der Waals surface area contributed by atoms with E-state index >= 15 is 0 Å². The monoisotopic (exact) mass is 100 g/mol. The maximum Gasteiger partial charge on any atom is 0.222 e. The average molecular weight is 100 g/mol. The summed E-state index contributed by atoms with van der Waals surface area (Å²) in [5.74, 6) is -0.148. The number of carbonyl (C=O) groups excluding carboxylic acids is 1. The van der Waals surface area contributed by atoms with Crippen LogP contribution in [-0.2, 0) is 4.79 Å². The molecular weight excluding hydrogens is 90.1 g/mol. The number of rotatable bonds is 1. The van der Waals surface area contributed by atoms with Gasteiger partial charge >= 0.3 is 0 Å². The Kier molecular flexibility index (Phi) is 2.41. The highest BCUT2D eigenvalue weighted by Crippen LogP contribution is 1.86. The van der Waals surface area contributed by atoms with Gasteiger partial charge in [0.25, 0.3) is 0 Å². The highest BCUT2D eigenvalue weighted by atomic mass is 16.1. The summed E-state index contributed by atoms with van der Waals surface area (Å²) in [6, 6.07) is 0. The van der Waals surface area contributed by atoms with Crippen LogP contribution < -0.4 is 5.32 Å². The maximum absolute atomic E-state index is 10.3. The Labute approximate surface area is 43.9 Å². The molecule has 1 atom stereocenters. The van der Waals surface area contributed by atoms with Crippen molar-refractivity contribution in [1.82, 2.24) is 5.32 Å². The predicted molar refractivity (Wildman–Crippen MR) is 28.6 cm³/mol. The number of hydrogen-bond donors (Lipinski definition) is 1. The van der Waals surface area contributed by atoms with Gasteiger partial charge in [0.1, 0.15) is 0 Å². The molecule has 0 aliphatic carbocycles. The molecule has 0 saturated carbocycles. The van der Waals surface area contributed by atoms with E-state index in [1.165, 1.54) is 0 Å². The number of amides is 1. The van der Waals surface area contributed by atoms with Gasteiger partial charge in [0.15, 0.2) is 0 Å². The molecule has 0 heterocycles. The third kappa shape index (κ3) is 2.20. The third-order valence-corrected chi connectivity index (χ3v) is 0.694. The van der Waals surface area contributed by atoms with E-state index < -0.39 is 0 Å². The SMILES string of the molecule is [CH2][C@H](C)C(=O)NC. The fraction of sp³-hybridized carbons (Fsp3) is 0.600. The Morgan fingerprint density at radius 3 is 2.29 bits per heavy atom. The molecule has 0 aromatic carbocycles. The molecule has 2 nitrogen and oxygen atoms in total. The van der Waals surface area contributed by atoms with Crippen molar-refractivity contribution in [2.45, 2.75) is 6.92 Å². The lowest BCUT2D eigenvalue weighted by molar-refractivity contribution is -0.122. The van der Waals surface area contributed by atoms with Gasteiger partial charge in [0, 0.05) is 13.0 Å². The van der Waals surface area contributed by atoms with Gasteiger partial charge in [0.2, 0.25) is 5.91 Å². The van der Waals surface area contributed by atoms with E-state index in [4.69, 9.17) is 0 Å². The van der Waals surface area contributed by atoms with Crippen LogP contribution in [0.5, 0.6) is 0 Å². The summed E-state index contributed by atoms with van der Waals surface area (Å²) < 4.78 is 0. The van der Waals surface area contributed by atoms with Crippen molar-refractivity contribution in [2.24, 2.45) is 5.92 Å². The van der Waals surface area contributed by atoms with Crippen LogP contribution in [0.1, 0.15) is 6.92 Å². The van der Waals surface area contributed by atoms with Crippen LogP contribution >= 0.6 is 0 Å². The van der Waals surface area contributed by atoms with Gasteiger partial charge in [0.05, 0.1) is 0 Å². The second kappa shape index (κ2) is 2.61. The van der Waals surface area contributed by atoms with Crippen molar-refractivity contribution in [2.75, 3.05) is 7.05 Å². The fourth-order valence-electron chi connectivity index (χ4n) is 0.246. The normalized spacial score (nSPS) is 9.14. The van der Waals surface area contributed by atoms with E-state index in [-0.39, 0.29) is 11.8 Å². The number of carbonyl (C=O) groups is 1. The molecular formula is C5H10NO. The van der Waals surface area contributed by atoms with Crippen LogP contribution in [0.25, 0.3) is 0 Å². The molecule has 0 aliphatic rings. The molecule has 2 heteroatoms. The van der Waals surface area contributed by atoms with Crippen LogP contribution in [0.15, 0.2) is 0 Å². The Morgan fingerprint density at radius 1 is 1.86 bits per heavy atom. The summed E-state index contributed by atoms with van der Waals surface area (Å²) in [5, 5.41) is 2.46. The predicted octanol–water partition coefficient (Wildman–Crippen LogP) is 0.203. The van der Waals surface area contributed by atoms with Gasteiger partial charge < -0.3 is 5.32 Å². The molecule has 0 unspecified atom stereocenters. The summed E-state index contributed by atoms with van der Waals surface area (Å²) in [6.07, 6.45) is 0. The fourth-order valence-corrected chi connectivity index (χ4v) is 0.246. The Balaban J connectivity index is 3.35. The summed E-state index contributed by atoms with van der Waals surface area (Å²) >= 11 is 0. The van der Waals surface area contributed by atoms with Gasteiger partial charge in [-0.15, -0.1) is 0 Å². The molecule has 7 heavy (non-hydrogen) atoms. The molecule has 1 amide bonds. The highest BCUT2D eigenvalue weighted by molar-refractivity contribution is 5.78. The zero-order valence-corrected chi connectivity index (χ0v) is 4.69. The van der Waals surface area contributed by atoms with Gasteiger partial charge in [-0.2, -0.15) is 0 Å². The quantitative estimate of drug-likeness (QED) is 0.501. The molecule has 0 rings (SSSR count). The van der Waals surface area contributed by atoms with Gasteiger partial charge in [-0.25, -0.2) is 0 Å². The van der Waals surface area contributed by atoms with Crippen LogP contribution in [0.2, 0.25) is 0 Å². The third-order valence-electron chi connectivity index (χ3n) is 0.694. The van der Waals surface area contributed by atoms with Crippen LogP contribution in [0.3, 0.4) is 0 Å². The highest BCUT2D eigenvalue weighted by Gasteiger charge is 2.00. The molecule has 41 valence electrons. The molecule has 0 aliphatic heterocycles. The van der Waals surface area contributed by atoms with Gasteiger partial charge in [-0.1, -0.05) is 6.92 Å². The van der Waals surface area contributed by atoms with Crippen LogP contribution in [0, 0.1) is 12.8 Å². The largest absolute Gasteiger partial charge is 0.359 e. The molecule has 0 aromatic heterocycles. The Morgan fingerprint density at radius 2 is 2.29 bits per heavy atom. The van der Waals surface area contributed by atoms with Crippen LogP contribution in [-0.4, -0.2) is 13.0 Å². The van der Waals surface area contributed by atoms with E-state index in [0.29, 0.717) is 0 Å². The lowest BCUT2D eigenvalue weighted by atomic mass is 10.2. The van der Waals surface area contributed by atoms with E-state index in [2.05, 4.69) is 12.2 Å². The number of nitrogens with one attached hydrogen (secondary N) is 1. The standard InChI is InChI=1S/C5H10NO/c1-4(2)5(7)6-3/h4H,1H2,2-3H3,(H,6,7)/t4-/m1/s1. The second-order valence-corrected chi connectivity index (χ2v) is 1.52. The molecule has 0 aromatic rings. The van der Waals surface area contributed by atoms with Crippen molar-refractivity contribution in [1.29, 1.82) is 0 Å². The van der Waals surface area contributed by atoms with E-state index in [0.717, 1.165) is 0 Å². The zero-order valence-electron chi connectivity index (χ0n) is 4.69. The lowest BCUT2D eigenvalue weighted by Crippen LogP contribution is -2.23. The van der Waals surface area contributed by atoms with E-state index in [1.54, 1.807) is 14.0 Å². The second-order valence-electron chi connectivity index (χ2n) is 1.52. The van der Waals surface area contributed by atoms with E-state index in [1.807, 2.05) is 0 Å². The van der Waals surface area contributed by atoms with Crippen molar-refractivity contribution >= 4 is 5.91 Å². The molecule has 0 bridgehead atoms. The smallest absolute Gasteiger partial charge is 0.222 e. The molecule has 0 spiro atoms. The van der Waals surface area contributed by atoms with Crippen molar-refractivity contribution in [3.63, 3.8) is 0 Å². The first kappa shape index (κ1) is 6.47. The topological polar surface area (TPSA) is 29.1 Å². The average Bonchev–Trinajstić information content (AvgIpc) is 1.65. The van der Waals surface area contributed by atoms with Gasteiger partial charge in [-0.3, -0.25) is 4.79 Å². The lowest BCUT2D eigenvalue weighted by Gasteiger charge is -1.98. The molecule has 1 N–H and O–H groups in total. The van der Waals surface area contributed by atoms with Crippen molar-refractivity contribution in [3.8, 4) is 0 Å².